The quantitative estimate of drug-likeness (QED) is 0.790. The molecule has 0 aromatic heterocycles. The smallest absolute Gasteiger partial charge is 0.223 e. The predicted molar refractivity (Wildman–Crippen MR) is 112 cm³/mol. The van der Waals surface area contributed by atoms with Crippen molar-refractivity contribution in [2.45, 2.75) is 57.0 Å². The third kappa shape index (κ3) is 4.52. The van der Waals surface area contributed by atoms with Gasteiger partial charge in [-0.15, -0.1) is 12.4 Å². The number of likely N-dealkylation sites (tertiary alicyclic amines) is 1. The van der Waals surface area contributed by atoms with Crippen LogP contribution in [0.5, 0.6) is 0 Å². The van der Waals surface area contributed by atoms with Gasteiger partial charge in [-0.05, 0) is 49.5 Å². The molecule has 0 radical (unpaired) electrons. The molecule has 2 saturated carbocycles. The van der Waals surface area contributed by atoms with E-state index in [1.165, 1.54) is 6.42 Å². The van der Waals surface area contributed by atoms with Gasteiger partial charge in [-0.25, -0.2) is 0 Å². The second-order valence-corrected chi connectivity index (χ2v) is 8.61. The van der Waals surface area contributed by atoms with E-state index < -0.39 is 0 Å². The van der Waals surface area contributed by atoms with Crippen LogP contribution in [0.25, 0.3) is 0 Å². The summed E-state index contributed by atoms with van der Waals surface area (Å²) in [5.41, 5.74) is 7.46. The molecule has 3 atom stereocenters. The fourth-order valence-electron chi connectivity index (χ4n) is 5.33. The molecule has 28 heavy (non-hydrogen) atoms. The number of hydrogen-bond donors (Lipinski definition) is 2. The zero-order valence-electron chi connectivity index (χ0n) is 16.4. The van der Waals surface area contributed by atoms with Gasteiger partial charge in [0, 0.05) is 31.5 Å². The fourth-order valence-corrected chi connectivity index (χ4v) is 5.33. The SMILES string of the molecule is Cl.NC1C2CCCC1CC(C(=O)NC(CN1CCCC1=O)c1ccccc1)C2. The second-order valence-electron chi connectivity index (χ2n) is 8.61. The lowest BCUT2D eigenvalue weighted by molar-refractivity contribution is -0.131. The molecule has 3 N–H and O–H groups in total. The first-order chi connectivity index (χ1) is 13.1. The summed E-state index contributed by atoms with van der Waals surface area (Å²) in [7, 11) is 0. The number of nitrogens with one attached hydrogen (secondary N) is 1. The Labute approximate surface area is 173 Å². The standard InChI is InChI=1S/C22H31N3O2.ClH/c23-21-16-8-4-9-17(21)13-18(12-16)22(27)24-19(15-6-2-1-3-7-15)14-25-11-5-10-20(25)26;/h1-3,6-7,16-19,21H,4-5,8-14,23H2,(H,24,27);1H. The van der Waals surface area contributed by atoms with Gasteiger partial charge in [0.25, 0.3) is 0 Å². The average molecular weight is 406 g/mol. The van der Waals surface area contributed by atoms with Crippen molar-refractivity contribution in [1.82, 2.24) is 10.2 Å². The van der Waals surface area contributed by atoms with Crippen molar-refractivity contribution in [3.8, 4) is 0 Å². The second kappa shape index (κ2) is 9.27. The molecule has 2 bridgehead atoms. The monoisotopic (exact) mass is 405 g/mol. The van der Waals surface area contributed by atoms with Crippen LogP contribution in [0.3, 0.4) is 0 Å². The highest BCUT2D eigenvalue weighted by Gasteiger charge is 2.41. The van der Waals surface area contributed by atoms with Crippen LogP contribution >= 0.6 is 12.4 Å². The van der Waals surface area contributed by atoms with Crippen molar-refractivity contribution in [3.05, 3.63) is 35.9 Å². The lowest BCUT2D eigenvalue weighted by Gasteiger charge is -2.43. The molecule has 1 heterocycles. The Kier molecular flexibility index (Phi) is 7.00. The molecule has 3 fully saturated rings. The minimum absolute atomic E-state index is 0. The molecular weight excluding hydrogens is 374 g/mol. The van der Waals surface area contributed by atoms with E-state index in [2.05, 4.69) is 5.32 Å². The first-order valence-electron chi connectivity index (χ1n) is 10.5. The number of rotatable bonds is 5. The minimum atomic E-state index is -0.142. The van der Waals surface area contributed by atoms with E-state index in [9.17, 15) is 9.59 Å². The number of nitrogens with two attached hydrogens (primary N) is 1. The van der Waals surface area contributed by atoms with E-state index in [-0.39, 0.29) is 42.2 Å². The largest absolute Gasteiger partial charge is 0.347 e. The van der Waals surface area contributed by atoms with Crippen LogP contribution < -0.4 is 11.1 Å². The maximum Gasteiger partial charge on any atom is 0.223 e. The van der Waals surface area contributed by atoms with E-state index in [0.29, 0.717) is 24.8 Å². The highest BCUT2D eigenvalue weighted by molar-refractivity contribution is 5.85. The number of halogens is 1. The molecule has 3 unspecified atom stereocenters. The van der Waals surface area contributed by atoms with Crippen molar-refractivity contribution in [3.63, 3.8) is 0 Å². The molecule has 0 spiro atoms. The molecule has 3 aliphatic rings. The molecule has 6 heteroatoms. The Morgan fingerprint density at radius 3 is 2.43 bits per heavy atom. The van der Waals surface area contributed by atoms with Crippen LogP contribution in [0.1, 0.15) is 56.6 Å². The third-order valence-corrected chi connectivity index (χ3v) is 6.88. The van der Waals surface area contributed by atoms with Crippen molar-refractivity contribution >= 4 is 24.2 Å². The normalized spacial score (nSPS) is 30.5. The number of benzene rings is 1. The van der Waals surface area contributed by atoms with E-state index in [1.807, 2.05) is 35.2 Å². The Hall–Kier alpha value is -1.59. The number of carbonyl (C=O) groups is 2. The minimum Gasteiger partial charge on any atom is -0.347 e. The molecule has 154 valence electrons. The zero-order chi connectivity index (χ0) is 18.8. The van der Waals surface area contributed by atoms with Crippen molar-refractivity contribution < 1.29 is 9.59 Å². The molecule has 4 rings (SSSR count). The summed E-state index contributed by atoms with van der Waals surface area (Å²) < 4.78 is 0. The highest BCUT2D eigenvalue weighted by atomic mass is 35.5. The maximum atomic E-state index is 13.1. The lowest BCUT2D eigenvalue weighted by atomic mass is 9.65. The lowest BCUT2D eigenvalue weighted by Crippen LogP contribution is -2.50. The Bertz CT molecular complexity index is 670. The Morgan fingerprint density at radius 1 is 1.14 bits per heavy atom. The molecule has 1 saturated heterocycles. The van der Waals surface area contributed by atoms with E-state index >= 15 is 0 Å². The van der Waals surface area contributed by atoms with Gasteiger partial charge in [0.2, 0.25) is 11.8 Å². The van der Waals surface area contributed by atoms with Crippen LogP contribution in [-0.4, -0.2) is 35.8 Å². The summed E-state index contributed by atoms with van der Waals surface area (Å²) in [4.78, 5) is 27.1. The van der Waals surface area contributed by atoms with E-state index in [1.54, 1.807) is 0 Å². The van der Waals surface area contributed by atoms with Gasteiger partial charge in [-0.3, -0.25) is 9.59 Å². The summed E-state index contributed by atoms with van der Waals surface area (Å²) >= 11 is 0. The van der Waals surface area contributed by atoms with Crippen LogP contribution in [0, 0.1) is 17.8 Å². The summed E-state index contributed by atoms with van der Waals surface area (Å²) in [5, 5.41) is 3.28. The molecule has 1 aliphatic heterocycles. The summed E-state index contributed by atoms with van der Waals surface area (Å²) in [6.45, 7) is 1.36. The van der Waals surface area contributed by atoms with Gasteiger partial charge in [0.05, 0.1) is 6.04 Å². The highest BCUT2D eigenvalue weighted by Crippen LogP contribution is 2.42. The first kappa shape index (κ1) is 21.1. The Morgan fingerprint density at radius 2 is 1.82 bits per heavy atom. The van der Waals surface area contributed by atoms with Gasteiger partial charge in [-0.2, -0.15) is 0 Å². The topological polar surface area (TPSA) is 75.4 Å². The van der Waals surface area contributed by atoms with Crippen molar-refractivity contribution in [1.29, 1.82) is 0 Å². The number of carbonyl (C=O) groups excluding carboxylic acids is 2. The van der Waals surface area contributed by atoms with E-state index in [0.717, 1.165) is 44.2 Å². The van der Waals surface area contributed by atoms with Gasteiger partial charge >= 0.3 is 0 Å². The zero-order valence-corrected chi connectivity index (χ0v) is 17.2. The number of nitrogens with zero attached hydrogens (tertiary/aromatic N) is 1. The number of amides is 2. The summed E-state index contributed by atoms with van der Waals surface area (Å²) in [6.07, 6.45) is 6.93. The van der Waals surface area contributed by atoms with E-state index in [4.69, 9.17) is 5.73 Å². The van der Waals surface area contributed by atoms with Crippen molar-refractivity contribution in [2.24, 2.45) is 23.5 Å². The van der Waals surface area contributed by atoms with Gasteiger partial charge in [-0.1, -0.05) is 36.8 Å². The van der Waals surface area contributed by atoms with Crippen molar-refractivity contribution in [2.75, 3.05) is 13.1 Å². The van der Waals surface area contributed by atoms with Crippen LogP contribution in [0.4, 0.5) is 0 Å². The summed E-state index contributed by atoms with van der Waals surface area (Å²) in [6, 6.07) is 10.2. The fraction of sp³-hybridized carbons (Fsp3) is 0.636. The molecule has 2 amide bonds. The Balaban J connectivity index is 0.00000225. The number of hydrogen-bond acceptors (Lipinski definition) is 3. The molecule has 2 aliphatic carbocycles. The first-order valence-corrected chi connectivity index (χ1v) is 10.5. The van der Waals surface area contributed by atoms with Gasteiger partial charge in [0.1, 0.15) is 0 Å². The van der Waals surface area contributed by atoms with Gasteiger partial charge < -0.3 is 16.0 Å². The third-order valence-electron chi connectivity index (χ3n) is 6.88. The molecule has 5 nitrogen and oxygen atoms in total. The predicted octanol–water partition coefficient (Wildman–Crippen LogP) is 3.04. The van der Waals surface area contributed by atoms with Crippen LogP contribution in [-0.2, 0) is 9.59 Å². The maximum absolute atomic E-state index is 13.1. The molecular formula is C22H32ClN3O2. The van der Waals surface area contributed by atoms with Crippen LogP contribution in [0.15, 0.2) is 30.3 Å². The van der Waals surface area contributed by atoms with Gasteiger partial charge in [0.15, 0.2) is 0 Å². The molecule has 1 aromatic rings. The average Bonchev–Trinajstić information content (AvgIpc) is 3.06. The number of fused-ring (bicyclic) bond motifs is 2. The van der Waals surface area contributed by atoms with Crippen LogP contribution in [0.2, 0.25) is 0 Å². The summed E-state index contributed by atoms with van der Waals surface area (Å²) in [5.74, 6) is 1.37. The molecule has 1 aromatic carbocycles.